The molecule has 0 bridgehead atoms. The molecule has 1 aliphatic carbocycles. The summed E-state index contributed by atoms with van der Waals surface area (Å²) in [6.45, 7) is 0.502. The Hall–Kier alpha value is -1.15. The zero-order valence-electron chi connectivity index (χ0n) is 8.86. The molecule has 0 spiro atoms. The predicted octanol–water partition coefficient (Wildman–Crippen LogP) is 2.10. The number of carbonyl (C=O) groups excluding carboxylic acids is 1. The van der Waals surface area contributed by atoms with E-state index in [9.17, 15) is 4.79 Å². The van der Waals surface area contributed by atoms with Gasteiger partial charge in [0, 0.05) is 18.9 Å². The Balaban J connectivity index is 2.09. The molecule has 0 aromatic heterocycles. The summed E-state index contributed by atoms with van der Waals surface area (Å²) in [4.78, 5) is 11.5. The van der Waals surface area contributed by atoms with E-state index in [0.717, 1.165) is 12.8 Å². The third-order valence-corrected chi connectivity index (χ3v) is 3.32. The van der Waals surface area contributed by atoms with Gasteiger partial charge in [-0.25, -0.2) is 0 Å². The minimum absolute atomic E-state index is 0.0870. The van der Waals surface area contributed by atoms with E-state index in [2.05, 4.69) is 24.3 Å². The maximum atomic E-state index is 11.5. The Bertz CT molecular complexity index is 334. The summed E-state index contributed by atoms with van der Waals surface area (Å²) in [5.74, 6) is 0.964. The van der Waals surface area contributed by atoms with Crippen LogP contribution in [0.5, 0.6) is 0 Å². The van der Waals surface area contributed by atoms with E-state index < -0.39 is 0 Å². The van der Waals surface area contributed by atoms with Crippen LogP contribution in [0.2, 0.25) is 0 Å². The molecule has 2 rings (SSSR count). The van der Waals surface area contributed by atoms with Gasteiger partial charge in [0.2, 0.25) is 0 Å². The summed E-state index contributed by atoms with van der Waals surface area (Å²) in [5, 5.41) is 0. The third kappa shape index (κ3) is 2.26. The molecule has 1 aromatic carbocycles. The number of benzene rings is 1. The van der Waals surface area contributed by atoms with Crippen molar-refractivity contribution in [2.75, 3.05) is 6.54 Å². The standard InChI is InChI=1S/C13H17NO/c14-9-12-8-11(6-7-13(12)15)10-4-2-1-3-5-10/h1-5,11-12H,6-9,14H2/t11-,12-/m1/s1. The first kappa shape index (κ1) is 10.4. The Labute approximate surface area is 90.5 Å². The molecule has 0 unspecified atom stereocenters. The van der Waals surface area contributed by atoms with Crippen molar-refractivity contribution in [1.82, 2.24) is 0 Å². The van der Waals surface area contributed by atoms with Crippen LogP contribution in [-0.2, 0) is 4.79 Å². The molecule has 2 nitrogen and oxygen atoms in total. The van der Waals surface area contributed by atoms with Gasteiger partial charge in [-0.2, -0.15) is 0 Å². The maximum Gasteiger partial charge on any atom is 0.137 e. The molecule has 0 saturated heterocycles. The second-order valence-electron chi connectivity index (χ2n) is 4.28. The van der Waals surface area contributed by atoms with Gasteiger partial charge in [-0.1, -0.05) is 30.3 Å². The molecule has 2 atom stereocenters. The molecule has 0 aliphatic heterocycles. The molecule has 0 radical (unpaired) electrons. The van der Waals surface area contributed by atoms with Crippen molar-refractivity contribution in [2.24, 2.45) is 11.7 Å². The number of ketones is 1. The average molecular weight is 203 g/mol. The lowest BCUT2D eigenvalue weighted by atomic mass is 9.77. The number of rotatable bonds is 2. The first-order chi connectivity index (χ1) is 7.31. The second kappa shape index (κ2) is 4.58. The lowest BCUT2D eigenvalue weighted by Crippen LogP contribution is -2.29. The molecule has 2 N–H and O–H groups in total. The molecule has 0 amide bonds. The molecule has 2 heteroatoms. The number of carbonyl (C=O) groups is 1. The lowest BCUT2D eigenvalue weighted by molar-refractivity contribution is -0.124. The summed E-state index contributed by atoms with van der Waals surface area (Å²) in [7, 11) is 0. The Kier molecular flexibility index (Phi) is 3.17. The van der Waals surface area contributed by atoms with Gasteiger partial charge in [0.05, 0.1) is 0 Å². The fourth-order valence-electron chi connectivity index (χ4n) is 2.37. The van der Waals surface area contributed by atoms with Gasteiger partial charge in [-0.3, -0.25) is 4.79 Å². The van der Waals surface area contributed by atoms with Gasteiger partial charge < -0.3 is 5.73 Å². The highest BCUT2D eigenvalue weighted by Gasteiger charge is 2.28. The van der Waals surface area contributed by atoms with Gasteiger partial charge in [-0.15, -0.1) is 0 Å². The fourth-order valence-corrected chi connectivity index (χ4v) is 2.37. The largest absolute Gasteiger partial charge is 0.330 e. The quantitative estimate of drug-likeness (QED) is 0.799. The average Bonchev–Trinajstić information content (AvgIpc) is 2.31. The summed E-state index contributed by atoms with van der Waals surface area (Å²) >= 11 is 0. The maximum absolute atomic E-state index is 11.5. The normalized spacial score (nSPS) is 26.6. The minimum atomic E-state index is 0.0870. The van der Waals surface area contributed by atoms with Gasteiger partial charge in [-0.05, 0) is 24.3 Å². The number of hydrogen-bond acceptors (Lipinski definition) is 2. The van der Waals surface area contributed by atoms with Crippen molar-refractivity contribution in [3.8, 4) is 0 Å². The molecule has 1 aliphatic rings. The van der Waals surface area contributed by atoms with Gasteiger partial charge in [0.25, 0.3) is 0 Å². The SMILES string of the molecule is NC[C@H]1C[C@H](c2ccccc2)CCC1=O. The number of nitrogens with two attached hydrogens (primary N) is 1. The summed E-state index contributed by atoms with van der Waals surface area (Å²) in [5.41, 5.74) is 6.96. The van der Waals surface area contributed by atoms with Crippen LogP contribution >= 0.6 is 0 Å². The first-order valence-electron chi connectivity index (χ1n) is 5.59. The highest BCUT2D eigenvalue weighted by atomic mass is 16.1. The van der Waals surface area contributed by atoms with Crippen molar-refractivity contribution in [3.63, 3.8) is 0 Å². The fraction of sp³-hybridized carbons (Fsp3) is 0.462. The molecular weight excluding hydrogens is 186 g/mol. The molecule has 1 aromatic rings. The van der Waals surface area contributed by atoms with E-state index in [1.807, 2.05) is 6.07 Å². The predicted molar refractivity (Wildman–Crippen MR) is 60.6 cm³/mol. The van der Waals surface area contributed by atoms with E-state index in [1.165, 1.54) is 5.56 Å². The molecule has 80 valence electrons. The van der Waals surface area contributed by atoms with Crippen LogP contribution in [0.1, 0.15) is 30.7 Å². The van der Waals surface area contributed by atoms with Crippen molar-refractivity contribution in [1.29, 1.82) is 0 Å². The van der Waals surface area contributed by atoms with Crippen LogP contribution in [0.15, 0.2) is 30.3 Å². The zero-order valence-corrected chi connectivity index (χ0v) is 8.86. The smallest absolute Gasteiger partial charge is 0.137 e. The Morgan fingerprint density at radius 3 is 2.67 bits per heavy atom. The van der Waals surface area contributed by atoms with Gasteiger partial charge >= 0.3 is 0 Å². The molecule has 1 saturated carbocycles. The Morgan fingerprint density at radius 2 is 2.00 bits per heavy atom. The summed E-state index contributed by atoms with van der Waals surface area (Å²) in [6, 6.07) is 10.4. The number of Topliss-reactive ketones (excluding diaryl/α,β-unsaturated/α-hetero) is 1. The van der Waals surface area contributed by atoms with Crippen LogP contribution in [0.25, 0.3) is 0 Å². The highest BCUT2D eigenvalue weighted by Crippen LogP contribution is 2.33. The monoisotopic (exact) mass is 203 g/mol. The van der Waals surface area contributed by atoms with Crippen LogP contribution in [0.4, 0.5) is 0 Å². The summed E-state index contributed by atoms with van der Waals surface area (Å²) in [6.07, 6.45) is 2.61. The van der Waals surface area contributed by atoms with Crippen molar-refractivity contribution in [3.05, 3.63) is 35.9 Å². The molecule has 15 heavy (non-hydrogen) atoms. The summed E-state index contributed by atoms with van der Waals surface area (Å²) < 4.78 is 0. The van der Waals surface area contributed by atoms with Crippen molar-refractivity contribution in [2.45, 2.75) is 25.2 Å². The molecule has 1 fully saturated rings. The molecule has 0 heterocycles. The van der Waals surface area contributed by atoms with Gasteiger partial charge in [0.1, 0.15) is 5.78 Å². The second-order valence-corrected chi connectivity index (χ2v) is 4.28. The Morgan fingerprint density at radius 1 is 1.27 bits per heavy atom. The van der Waals surface area contributed by atoms with Crippen LogP contribution in [-0.4, -0.2) is 12.3 Å². The van der Waals surface area contributed by atoms with Crippen molar-refractivity contribution < 1.29 is 4.79 Å². The van der Waals surface area contributed by atoms with Crippen LogP contribution in [0.3, 0.4) is 0 Å². The first-order valence-corrected chi connectivity index (χ1v) is 5.59. The van der Waals surface area contributed by atoms with Gasteiger partial charge in [0.15, 0.2) is 0 Å². The van der Waals surface area contributed by atoms with E-state index in [0.29, 0.717) is 24.7 Å². The highest BCUT2D eigenvalue weighted by molar-refractivity contribution is 5.82. The van der Waals surface area contributed by atoms with Crippen LogP contribution in [0, 0.1) is 5.92 Å². The van der Waals surface area contributed by atoms with E-state index in [4.69, 9.17) is 5.73 Å². The van der Waals surface area contributed by atoms with Crippen molar-refractivity contribution >= 4 is 5.78 Å². The van der Waals surface area contributed by atoms with E-state index in [-0.39, 0.29) is 5.92 Å². The lowest BCUT2D eigenvalue weighted by Gasteiger charge is -2.27. The number of hydrogen-bond donors (Lipinski definition) is 1. The minimum Gasteiger partial charge on any atom is -0.330 e. The van der Waals surface area contributed by atoms with E-state index in [1.54, 1.807) is 0 Å². The molecular formula is C13H17NO. The topological polar surface area (TPSA) is 43.1 Å². The van der Waals surface area contributed by atoms with E-state index >= 15 is 0 Å². The third-order valence-electron chi connectivity index (χ3n) is 3.32. The zero-order chi connectivity index (χ0) is 10.7. The van der Waals surface area contributed by atoms with Crippen LogP contribution < -0.4 is 5.73 Å².